The largest absolute Gasteiger partial charge is 0.434 e. The van der Waals surface area contributed by atoms with E-state index in [0.717, 1.165) is 5.39 Å². The van der Waals surface area contributed by atoms with Crippen molar-refractivity contribution >= 4 is 28.2 Å². The van der Waals surface area contributed by atoms with Crippen molar-refractivity contribution in [2.45, 2.75) is 0 Å². The van der Waals surface area contributed by atoms with Gasteiger partial charge in [0.2, 0.25) is 0 Å². The predicted octanol–water partition coefficient (Wildman–Crippen LogP) is 3.00. The van der Waals surface area contributed by atoms with Crippen LogP contribution in [0.3, 0.4) is 0 Å². The minimum absolute atomic E-state index is 0.358. The van der Waals surface area contributed by atoms with E-state index in [4.69, 9.17) is 22.1 Å². The molecule has 0 fully saturated rings. The van der Waals surface area contributed by atoms with Gasteiger partial charge in [-0.25, -0.2) is 0 Å². The highest BCUT2D eigenvalue weighted by Crippen LogP contribution is 2.33. The molecule has 5 nitrogen and oxygen atoms in total. The third-order valence-electron chi connectivity index (χ3n) is 2.71. The monoisotopic (exact) mass is 274 g/mol. The van der Waals surface area contributed by atoms with Crippen LogP contribution in [0, 0.1) is 0 Å². The number of hydrogen-bond donors (Lipinski definition) is 1. The molecule has 0 atom stereocenters. The first-order valence-electron chi connectivity index (χ1n) is 5.65. The lowest BCUT2D eigenvalue weighted by Gasteiger charge is -2.07. The Bertz CT molecular complexity index is 753. The van der Waals surface area contributed by atoms with Crippen LogP contribution < -0.4 is 10.5 Å². The molecule has 0 aliphatic carbocycles. The second-order valence-corrected chi connectivity index (χ2v) is 4.52. The Morgan fingerprint density at radius 2 is 2.16 bits per heavy atom. The second kappa shape index (κ2) is 4.44. The Hall–Kier alpha value is -2.27. The van der Waals surface area contributed by atoms with Gasteiger partial charge in [0.05, 0.1) is 11.2 Å². The molecule has 2 aromatic heterocycles. The summed E-state index contributed by atoms with van der Waals surface area (Å²) in [6.07, 6.45) is 3.37. The summed E-state index contributed by atoms with van der Waals surface area (Å²) >= 11 is 6.13. The lowest BCUT2D eigenvalue weighted by Crippen LogP contribution is -1.93. The molecule has 0 aliphatic rings. The van der Waals surface area contributed by atoms with E-state index >= 15 is 0 Å². The normalized spacial score (nSPS) is 10.8. The van der Waals surface area contributed by atoms with Crippen molar-refractivity contribution in [1.29, 1.82) is 0 Å². The van der Waals surface area contributed by atoms with Gasteiger partial charge in [-0.05, 0) is 24.3 Å². The van der Waals surface area contributed by atoms with Crippen LogP contribution in [0.1, 0.15) is 0 Å². The standard InChI is InChI=1S/C13H11ClN4O/c1-18-7-10(15)13(17-18)19-11-5-4-9(14)8-3-2-6-16-12(8)11/h2-7H,15H2,1H3. The second-order valence-electron chi connectivity index (χ2n) is 4.11. The molecule has 0 aliphatic heterocycles. The lowest BCUT2D eigenvalue weighted by atomic mass is 10.2. The van der Waals surface area contributed by atoms with Crippen molar-refractivity contribution in [3.8, 4) is 11.6 Å². The molecule has 19 heavy (non-hydrogen) atoms. The topological polar surface area (TPSA) is 66.0 Å². The number of anilines is 1. The Labute approximate surface area is 114 Å². The third-order valence-corrected chi connectivity index (χ3v) is 3.04. The predicted molar refractivity (Wildman–Crippen MR) is 74.4 cm³/mol. The number of aromatic nitrogens is 3. The van der Waals surface area contributed by atoms with E-state index in [-0.39, 0.29) is 0 Å². The fourth-order valence-corrected chi connectivity index (χ4v) is 2.08. The number of nitrogen functional groups attached to an aromatic ring is 1. The van der Waals surface area contributed by atoms with E-state index in [2.05, 4.69) is 10.1 Å². The quantitative estimate of drug-likeness (QED) is 0.780. The molecule has 3 rings (SSSR count). The number of benzene rings is 1. The maximum absolute atomic E-state index is 6.13. The number of rotatable bonds is 2. The van der Waals surface area contributed by atoms with Gasteiger partial charge >= 0.3 is 0 Å². The van der Waals surface area contributed by atoms with Gasteiger partial charge in [-0.3, -0.25) is 9.67 Å². The van der Waals surface area contributed by atoms with Gasteiger partial charge in [0.15, 0.2) is 5.75 Å². The first-order chi connectivity index (χ1) is 9.15. The third kappa shape index (κ3) is 2.08. The van der Waals surface area contributed by atoms with Gasteiger partial charge in [-0.15, -0.1) is 5.10 Å². The highest BCUT2D eigenvalue weighted by molar-refractivity contribution is 6.35. The average molecular weight is 275 g/mol. The molecule has 0 radical (unpaired) electrons. The van der Waals surface area contributed by atoms with E-state index in [0.29, 0.717) is 27.9 Å². The van der Waals surface area contributed by atoms with Crippen LogP contribution >= 0.6 is 11.6 Å². The first kappa shape index (κ1) is 11.8. The molecule has 2 heterocycles. The van der Waals surface area contributed by atoms with Crippen LogP contribution in [0.15, 0.2) is 36.7 Å². The Morgan fingerprint density at radius 1 is 1.32 bits per heavy atom. The number of pyridine rings is 1. The van der Waals surface area contributed by atoms with Crippen molar-refractivity contribution in [3.05, 3.63) is 41.7 Å². The Balaban J connectivity index is 2.11. The van der Waals surface area contributed by atoms with Gasteiger partial charge in [-0.2, -0.15) is 0 Å². The first-order valence-corrected chi connectivity index (χ1v) is 6.03. The molecule has 96 valence electrons. The molecule has 0 saturated carbocycles. The summed E-state index contributed by atoms with van der Waals surface area (Å²) in [6.45, 7) is 0. The van der Waals surface area contributed by atoms with E-state index in [1.807, 2.05) is 12.1 Å². The molecule has 2 N–H and O–H groups in total. The fourth-order valence-electron chi connectivity index (χ4n) is 1.86. The molecule has 0 amide bonds. The van der Waals surface area contributed by atoms with E-state index in [1.54, 1.807) is 36.3 Å². The number of halogens is 1. The number of aryl methyl sites for hydroxylation is 1. The van der Waals surface area contributed by atoms with E-state index in [1.165, 1.54) is 0 Å². The number of nitrogens with zero attached hydrogens (tertiary/aromatic N) is 3. The van der Waals surface area contributed by atoms with Crippen molar-refractivity contribution in [2.24, 2.45) is 7.05 Å². The molecule has 0 unspecified atom stereocenters. The maximum atomic E-state index is 6.13. The molecule has 1 aromatic carbocycles. The zero-order valence-electron chi connectivity index (χ0n) is 10.2. The van der Waals surface area contributed by atoms with E-state index in [9.17, 15) is 0 Å². The summed E-state index contributed by atoms with van der Waals surface area (Å²) in [6, 6.07) is 7.23. The molecule has 0 spiro atoms. The van der Waals surface area contributed by atoms with Gasteiger partial charge in [0, 0.05) is 18.6 Å². The van der Waals surface area contributed by atoms with Gasteiger partial charge in [0.1, 0.15) is 11.2 Å². The number of hydrogen-bond acceptors (Lipinski definition) is 4. The van der Waals surface area contributed by atoms with Crippen LogP contribution in [0.2, 0.25) is 5.02 Å². The van der Waals surface area contributed by atoms with Crippen LogP contribution in [0.4, 0.5) is 5.69 Å². The SMILES string of the molecule is Cn1cc(N)c(Oc2ccc(Cl)c3cccnc23)n1. The number of nitrogens with two attached hydrogens (primary N) is 1. The minimum atomic E-state index is 0.358. The van der Waals surface area contributed by atoms with Gasteiger partial charge in [0.25, 0.3) is 5.88 Å². The minimum Gasteiger partial charge on any atom is -0.434 e. The molecule has 0 saturated heterocycles. The smallest absolute Gasteiger partial charge is 0.261 e. The van der Waals surface area contributed by atoms with Crippen molar-refractivity contribution in [1.82, 2.24) is 14.8 Å². The van der Waals surface area contributed by atoms with Crippen LogP contribution in [-0.4, -0.2) is 14.8 Å². The van der Waals surface area contributed by atoms with Crippen molar-refractivity contribution < 1.29 is 4.74 Å². The lowest BCUT2D eigenvalue weighted by molar-refractivity contribution is 0.460. The van der Waals surface area contributed by atoms with Crippen molar-refractivity contribution in [2.75, 3.05) is 5.73 Å². The fraction of sp³-hybridized carbons (Fsp3) is 0.0769. The summed E-state index contributed by atoms with van der Waals surface area (Å²) < 4.78 is 7.31. The number of fused-ring (bicyclic) bond motifs is 1. The molecule has 6 heteroatoms. The summed E-state index contributed by atoms with van der Waals surface area (Å²) in [4.78, 5) is 4.29. The molecule has 3 aromatic rings. The molecular formula is C13H11ClN4O. The molecule has 0 bridgehead atoms. The zero-order valence-corrected chi connectivity index (χ0v) is 10.9. The summed E-state index contributed by atoms with van der Waals surface area (Å²) in [5.74, 6) is 0.933. The summed E-state index contributed by atoms with van der Waals surface area (Å²) in [7, 11) is 1.78. The van der Waals surface area contributed by atoms with Gasteiger partial charge in [-0.1, -0.05) is 11.6 Å². The number of ether oxygens (including phenoxy) is 1. The van der Waals surface area contributed by atoms with E-state index < -0.39 is 0 Å². The zero-order chi connectivity index (χ0) is 13.4. The van der Waals surface area contributed by atoms with Crippen molar-refractivity contribution in [3.63, 3.8) is 0 Å². The van der Waals surface area contributed by atoms with Gasteiger partial charge < -0.3 is 10.5 Å². The summed E-state index contributed by atoms with van der Waals surface area (Å²) in [5.41, 5.74) is 6.96. The molecular weight excluding hydrogens is 264 g/mol. The highest BCUT2D eigenvalue weighted by atomic mass is 35.5. The summed E-state index contributed by atoms with van der Waals surface area (Å²) in [5, 5.41) is 5.60. The van der Waals surface area contributed by atoms with Crippen LogP contribution in [-0.2, 0) is 7.05 Å². The van der Waals surface area contributed by atoms with Crippen LogP contribution in [0.5, 0.6) is 11.6 Å². The maximum Gasteiger partial charge on any atom is 0.261 e. The Kier molecular flexibility index (Phi) is 2.76. The van der Waals surface area contributed by atoms with Crippen LogP contribution in [0.25, 0.3) is 10.9 Å². The Morgan fingerprint density at radius 3 is 2.89 bits per heavy atom. The highest BCUT2D eigenvalue weighted by Gasteiger charge is 2.11. The average Bonchev–Trinajstić information content (AvgIpc) is 2.72.